The molecule has 0 spiro atoms. The Hall–Kier alpha value is -1.63. The van der Waals surface area contributed by atoms with Gasteiger partial charge in [0.1, 0.15) is 5.60 Å². The Bertz CT molecular complexity index is 549. The van der Waals surface area contributed by atoms with Gasteiger partial charge in [-0.15, -0.1) is 11.3 Å². The molecule has 0 fully saturated rings. The van der Waals surface area contributed by atoms with Crippen LogP contribution in [0.3, 0.4) is 0 Å². The number of thiazole rings is 1. The van der Waals surface area contributed by atoms with Crippen molar-refractivity contribution >= 4 is 23.4 Å². The fourth-order valence-electron chi connectivity index (χ4n) is 2.03. The van der Waals surface area contributed by atoms with E-state index in [-0.39, 0.29) is 12.0 Å². The van der Waals surface area contributed by atoms with Gasteiger partial charge in [-0.3, -0.25) is 0 Å². The summed E-state index contributed by atoms with van der Waals surface area (Å²) in [5.74, 6) is -0.130. The van der Waals surface area contributed by atoms with Crippen molar-refractivity contribution in [3.05, 3.63) is 16.1 Å². The van der Waals surface area contributed by atoms with Crippen LogP contribution in [0.5, 0.6) is 0 Å². The van der Waals surface area contributed by atoms with Crippen molar-refractivity contribution in [2.24, 2.45) is 5.92 Å². The monoisotopic (exact) mass is 356 g/mol. The van der Waals surface area contributed by atoms with Crippen LogP contribution >= 0.6 is 11.3 Å². The number of aryl methyl sites for hydroxylation is 1. The largest absolute Gasteiger partial charge is 0.461 e. The van der Waals surface area contributed by atoms with Gasteiger partial charge in [-0.05, 0) is 40.0 Å². The topological polar surface area (TPSA) is 77.5 Å². The molecule has 1 atom stereocenters. The van der Waals surface area contributed by atoms with E-state index in [1.54, 1.807) is 12.3 Å². The summed E-state index contributed by atoms with van der Waals surface area (Å²) in [6.07, 6.45) is 1.00. The first kappa shape index (κ1) is 20.4. The lowest BCUT2D eigenvalue weighted by molar-refractivity contribution is 0.0485. The number of hydrogen-bond donors (Lipinski definition) is 1. The minimum Gasteiger partial charge on any atom is -0.461 e. The Morgan fingerprint density at radius 1 is 1.33 bits per heavy atom. The van der Waals surface area contributed by atoms with E-state index in [1.165, 1.54) is 11.3 Å². The maximum atomic E-state index is 11.9. The molecule has 0 aliphatic rings. The molecule has 7 heteroatoms. The SMILES string of the molecule is CCOC(=O)c1csc(CCC(NC(=O)OC(C)(C)C)C(C)C)n1. The van der Waals surface area contributed by atoms with Gasteiger partial charge >= 0.3 is 12.1 Å². The second-order valence-electron chi connectivity index (χ2n) is 6.88. The van der Waals surface area contributed by atoms with E-state index in [4.69, 9.17) is 9.47 Å². The molecular formula is C17H28N2O4S. The van der Waals surface area contributed by atoms with E-state index >= 15 is 0 Å². The van der Waals surface area contributed by atoms with Crippen LogP contribution in [0.1, 0.15) is 63.5 Å². The van der Waals surface area contributed by atoms with Crippen molar-refractivity contribution in [3.8, 4) is 0 Å². The number of nitrogens with zero attached hydrogens (tertiary/aromatic N) is 1. The summed E-state index contributed by atoms with van der Waals surface area (Å²) in [5.41, 5.74) is -0.173. The lowest BCUT2D eigenvalue weighted by Crippen LogP contribution is -2.42. The minimum absolute atomic E-state index is 0.0187. The van der Waals surface area contributed by atoms with Gasteiger partial charge < -0.3 is 14.8 Å². The van der Waals surface area contributed by atoms with E-state index < -0.39 is 17.7 Å². The molecular weight excluding hydrogens is 328 g/mol. The minimum atomic E-state index is -0.518. The molecule has 0 radical (unpaired) electrons. The highest BCUT2D eigenvalue weighted by Crippen LogP contribution is 2.17. The average molecular weight is 356 g/mol. The highest BCUT2D eigenvalue weighted by molar-refractivity contribution is 7.09. The molecule has 0 aliphatic carbocycles. The van der Waals surface area contributed by atoms with E-state index in [1.807, 2.05) is 34.6 Å². The second-order valence-corrected chi connectivity index (χ2v) is 7.83. The maximum absolute atomic E-state index is 11.9. The fraction of sp³-hybridized carbons (Fsp3) is 0.706. The van der Waals surface area contributed by atoms with Crippen LogP contribution in [0.15, 0.2) is 5.38 Å². The first-order valence-corrected chi connectivity index (χ1v) is 9.11. The molecule has 0 saturated carbocycles. The predicted octanol–water partition coefficient (Wildman–Crippen LogP) is 3.80. The van der Waals surface area contributed by atoms with E-state index in [9.17, 15) is 9.59 Å². The molecule has 24 heavy (non-hydrogen) atoms. The molecule has 136 valence electrons. The molecule has 1 aromatic rings. The molecule has 1 rings (SSSR count). The van der Waals surface area contributed by atoms with Crippen molar-refractivity contribution in [1.29, 1.82) is 0 Å². The number of rotatable bonds is 7. The summed E-state index contributed by atoms with van der Waals surface area (Å²) < 4.78 is 10.2. The first-order chi connectivity index (χ1) is 11.1. The highest BCUT2D eigenvalue weighted by Gasteiger charge is 2.22. The normalized spacial score (nSPS) is 12.8. The molecule has 0 aliphatic heterocycles. The first-order valence-electron chi connectivity index (χ1n) is 8.23. The number of carbonyl (C=O) groups excluding carboxylic acids is 2. The van der Waals surface area contributed by atoms with Crippen molar-refractivity contribution in [2.75, 3.05) is 6.61 Å². The van der Waals surface area contributed by atoms with Crippen LogP contribution < -0.4 is 5.32 Å². The third-order valence-electron chi connectivity index (χ3n) is 3.21. The second kappa shape index (κ2) is 9.01. The molecule has 1 amide bonds. The van der Waals surface area contributed by atoms with Crippen molar-refractivity contribution in [1.82, 2.24) is 10.3 Å². The number of alkyl carbamates (subject to hydrolysis) is 1. The van der Waals surface area contributed by atoms with Gasteiger partial charge in [-0.2, -0.15) is 0 Å². The van der Waals surface area contributed by atoms with Gasteiger partial charge in [-0.1, -0.05) is 13.8 Å². The Labute approximate surface area is 148 Å². The summed E-state index contributed by atoms with van der Waals surface area (Å²) in [7, 11) is 0. The summed E-state index contributed by atoms with van der Waals surface area (Å²) in [4.78, 5) is 27.9. The third kappa shape index (κ3) is 7.29. The Morgan fingerprint density at radius 3 is 2.54 bits per heavy atom. The smallest absolute Gasteiger partial charge is 0.407 e. The summed E-state index contributed by atoms with van der Waals surface area (Å²) >= 11 is 1.43. The lowest BCUT2D eigenvalue weighted by Gasteiger charge is -2.25. The van der Waals surface area contributed by atoms with Crippen LogP contribution in [0.2, 0.25) is 0 Å². The van der Waals surface area contributed by atoms with E-state index in [0.717, 1.165) is 11.4 Å². The van der Waals surface area contributed by atoms with Crippen LogP contribution in [-0.2, 0) is 15.9 Å². The Balaban J connectivity index is 2.58. The molecule has 1 unspecified atom stereocenters. The molecule has 0 aromatic carbocycles. The number of hydrogen-bond acceptors (Lipinski definition) is 6. The van der Waals surface area contributed by atoms with Gasteiger partial charge in [0.25, 0.3) is 0 Å². The van der Waals surface area contributed by atoms with Crippen LogP contribution in [-0.4, -0.2) is 35.3 Å². The zero-order valence-electron chi connectivity index (χ0n) is 15.3. The quantitative estimate of drug-likeness (QED) is 0.752. The number of amides is 1. The zero-order chi connectivity index (χ0) is 18.3. The summed E-state index contributed by atoms with van der Waals surface area (Å²) in [6, 6.07) is -0.0187. The van der Waals surface area contributed by atoms with Crippen LogP contribution in [0, 0.1) is 5.92 Å². The Kier molecular flexibility index (Phi) is 7.66. The third-order valence-corrected chi connectivity index (χ3v) is 4.12. The van der Waals surface area contributed by atoms with E-state index in [0.29, 0.717) is 18.7 Å². The number of aromatic nitrogens is 1. The van der Waals surface area contributed by atoms with Crippen molar-refractivity contribution in [3.63, 3.8) is 0 Å². The van der Waals surface area contributed by atoms with Crippen molar-refractivity contribution in [2.45, 2.75) is 66.0 Å². The van der Waals surface area contributed by atoms with Gasteiger partial charge in [-0.25, -0.2) is 14.6 Å². The molecule has 6 nitrogen and oxygen atoms in total. The fourth-order valence-corrected chi connectivity index (χ4v) is 2.82. The summed E-state index contributed by atoms with van der Waals surface area (Å²) in [5, 5.41) is 5.48. The van der Waals surface area contributed by atoms with Gasteiger partial charge in [0.15, 0.2) is 5.69 Å². The Morgan fingerprint density at radius 2 is 2.00 bits per heavy atom. The number of carbonyl (C=O) groups is 2. The number of esters is 1. The standard InChI is InChI=1S/C17H28N2O4S/c1-7-22-15(20)13-10-24-14(18-13)9-8-12(11(2)3)19-16(21)23-17(4,5)6/h10-12H,7-9H2,1-6H3,(H,19,21). The van der Waals surface area contributed by atoms with Crippen LogP contribution in [0.4, 0.5) is 4.79 Å². The zero-order valence-corrected chi connectivity index (χ0v) is 16.2. The highest BCUT2D eigenvalue weighted by atomic mass is 32.1. The van der Waals surface area contributed by atoms with Gasteiger partial charge in [0.05, 0.1) is 11.6 Å². The van der Waals surface area contributed by atoms with Crippen LogP contribution in [0.25, 0.3) is 0 Å². The summed E-state index contributed by atoms with van der Waals surface area (Å²) in [6.45, 7) is 11.7. The number of nitrogens with one attached hydrogen (secondary N) is 1. The van der Waals surface area contributed by atoms with Gasteiger partial charge in [0, 0.05) is 17.8 Å². The number of ether oxygens (including phenoxy) is 2. The molecule has 0 bridgehead atoms. The maximum Gasteiger partial charge on any atom is 0.407 e. The average Bonchev–Trinajstić information content (AvgIpc) is 2.90. The van der Waals surface area contributed by atoms with Crippen molar-refractivity contribution < 1.29 is 19.1 Å². The predicted molar refractivity (Wildman–Crippen MR) is 94.4 cm³/mol. The molecule has 1 aromatic heterocycles. The molecule has 1 N–H and O–H groups in total. The molecule has 0 saturated heterocycles. The molecule has 1 heterocycles. The van der Waals surface area contributed by atoms with Gasteiger partial charge in [0.2, 0.25) is 0 Å². The van der Waals surface area contributed by atoms with E-state index in [2.05, 4.69) is 10.3 Å². The lowest BCUT2D eigenvalue weighted by atomic mass is 9.99.